The molecule has 0 fully saturated rings. The van der Waals surface area contributed by atoms with Crippen molar-refractivity contribution >= 4 is 17.9 Å². The predicted octanol–water partition coefficient (Wildman–Crippen LogP) is 2.45. The molecule has 2 aromatic rings. The summed E-state index contributed by atoms with van der Waals surface area (Å²) in [6.45, 7) is 1.87. The highest BCUT2D eigenvalue weighted by molar-refractivity contribution is 6.06. The second kappa shape index (κ2) is 6.76. The molecule has 0 N–H and O–H groups in total. The molecular weight excluding hydrogens is 268 g/mol. The number of hydrogen-bond acceptors (Lipinski definition) is 4. The van der Waals surface area contributed by atoms with Crippen molar-refractivity contribution in [1.29, 1.82) is 0 Å². The third-order valence-electron chi connectivity index (χ3n) is 3.06. The molecule has 1 aromatic heterocycles. The van der Waals surface area contributed by atoms with Gasteiger partial charge in [-0.1, -0.05) is 12.1 Å². The Morgan fingerprint density at radius 2 is 2.14 bits per heavy atom. The van der Waals surface area contributed by atoms with Gasteiger partial charge in [0.15, 0.2) is 0 Å². The second-order valence-corrected chi connectivity index (χ2v) is 4.50. The molecule has 108 valence electrons. The van der Waals surface area contributed by atoms with Crippen LogP contribution in [0.5, 0.6) is 0 Å². The number of rotatable bonds is 5. The van der Waals surface area contributed by atoms with Crippen molar-refractivity contribution in [2.75, 3.05) is 18.7 Å². The van der Waals surface area contributed by atoms with Crippen LogP contribution in [0, 0.1) is 6.92 Å². The molecule has 1 amide bonds. The number of carbonyl (C=O) groups is 2. The van der Waals surface area contributed by atoms with E-state index in [-0.39, 0.29) is 12.6 Å². The summed E-state index contributed by atoms with van der Waals surface area (Å²) in [6, 6.07) is 10.3. The maximum absolute atomic E-state index is 12.7. The van der Waals surface area contributed by atoms with Crippen LogP contribution >= 0.6 is 0 Å². The van der Waals surface area contributed by atoms with Crippen molar-refractivity contribution in [2.45, 2.75) is 6.92 Å². The van der Waals surface area contributed by atoms with Crippen molar-refractivity contribution in [1.82, 2.24) is 4.98 Å². The average Bonchev–Trinajstić information content (AvgIpc) is 2.52. The van der Waals surface area contributed by atoms with Gasteiger partial charge < -0.3 is 4.74 Å². The number of pyridine rings is 1. The number of aromatic nitrogens is 1. The van der Waals surface area contributed by atoms with E-state index in [0.717, 1.165) is 6.29 Å². The molecule has 0 aliphatic rings. The van der Waals surface area contributed by atoms with Crippen LogP contribution in [0.3, 0.4) is 0 Å². The van der Waals surface area contributed by atoms with Crippen LogP contribution in [0.1, 0.15) is 26.4 Å². The highest BCUT2D eigenvalue weighted by atomic mass is 16.5. The third kappa shape index (κ3) is 3.32. The van der Waals surface area contributed by atoms with Gasteiger partial charge >= 0.3 is 0 Å². The maximum atomic E-state index is 12.7. The van der Waals surface area contributed by atoms with E-state index in [4.69, 9.17) is 4.74 Å². The number of anilines is 1. The summed E-state index contributed by atoms with van der Waals surface area (Å²) in [5.41, 5.74) is 2.26. The van der Waals surface area contributed by atoms with Gasteiger partial charge in [0.05, 0.1) is 5.56 Å². The number of aldehydes is 1. The van der Waals surface area contributed by atoms with E-state index in [2.05, 4.69) is 4.98 Å². The SMILES string of the molecule is COCN(C(=O)c1cccnc1C)c1cccc(C=O)c1. The van der Waals surface area contributed by atoms with Crippen molar-refractivity contribution in [2.24, 2.45) is 0 Å². The van der Waals surface area contributed by atoms with Gasteiger partial charge in [-0.25, -0.2) is 0 Å². The molecule has 0 unspecified atom stereocenters. The molecule has 2 rings (SSSR count). The van der Waals surface area contributed by atoms with Crippen LogP contribution in [-0.4, -0.2) is 31.0 Å². The van der Waals surface area contributed by atoms with Gasteiger partial charge in [0.25, 0.3) is 5.91 Å². The second-order valence-electron chi connectivity index (χ2n) is 4.50. The summed E-state index contributed by atoms with van der Waals surface area (Å²) in [5, 5.41) is 0. The first-order valence-electron chi connectivity index (χ1n) is 6.45. The molecule has 0 saturated heterocycles. The number of methoxy groups -OCH3 is 1. The first-order chi connectivity index (χ1) is 10.2. The fourth-order valence-corrected chi connectivity index (χ4v) is 2.00. The van der Waals surface area contributed by atoms with E-state index in [1.807, 2.05) is 0 Å². The van der Waals surface area contributed by atoms with Gasteiger partial charge in [0, 0.05) is 30.3 Å². The zero-order chi connectivity index (χ0) is 15.2. The first kappa shape index (κ1) is 14.9. The fraction of sp³-hybridized carbons (Fsp3) is 0.188. The summed E-state index contributed by atoms with van der Waals surface area (Å²) in [7, 11) is 1.51. The van der Waals surface area contributed by atoms with Crippen molar-refractivity contribution < 1.29 is 14.3 Å². The minimum Gasteiger partial charge on any atom is -0.364 e. The van der Waals surface area contributed by atoms with Crippen LogP contribution in [0.2, 0.25) is 0 Å². The van der Waals surface area contributed by atoms with Crippen molar-refractivity contribution in [3.05, 3.63) is 59.4 Å². The third-order valence-corrected chi connectivity index (χ3v) is 3.06. The molecule has 0 radical (unpaired) electrons. The highest BCUT2D eigenvalue weighted by Crippen LogP contribution is 2.19. The van der Waals surface area contributed by atoms with E-state index < -0.39 is 0 Å². The van der Waals surface area contributed by atoms with Crippen LogP contribution in [-0.2, 0) is 4.74 Å². The molecule has 0 spiro atoms. The number of ether oxygens (including phenoxy) is 1. The Morgan fingerprint density at radius 3 is 2.81 bits per heavy atom. The lowest BCUT2D eigenvalue weighted by Gasteiger charge is -2.22. The fourth-order valence-electron chi connectivity index (χ4n) is 2.00. The number of amides is 1. The van der Waals surface area contributed by atoms with Crippen molar-refractivity contribution in [3.63, 3.8) is 0 Å². The lowest BCUT2D eigenvalue weighted by atomic mass is 10.1. The van der Waals surface area contributed by atoms with Gasteiger partial charge in [0.2, 0.25) is 0 Å². The number of carbonyl (C=O) groups excluding carboxylic acids is 2. The van der Waals surface area contributed by atoms with E-state index in [1.165, 1.54) is 12.0 Å². The van der Waals surface area contributed by atoms with Gasteiger partial charge in [-0.2, -0.15) is 0 Å². The summed E-state index contributed by atoms with van der Waals surface area (Å²) in [6.07, 6.45) is 2.38. The zero-order valence-corrected chi connectivity index (χ0v) is 11.9. The molecule has 1 heterocycles. The predicted molar refractivity (Wildman–Crippen MR) is 79.5 cm³/mol. The molecule has 0 aliphatic heterocycles. The molecule has 21 heavy (non-hydrogen) atoms. The number of benzene rings is 1. The Labute approximate surface area is 123 Å². The van der Waals surface area contributed by atoms with Crippen LogP contribution in [0.15, 0.2) is 42.6 Å². The quantitative estimate of drug-likeness (QED) is 0.625. The molecule has 0 atom stereocenters. The Morgan fingerprint density at radius 1 is 1.33 bits per heavy atom. The van der Waals surface area contributed by atoms with Gasteiger partial charge in [0.1, 0.15) is 13.0 Å². The number of nitrogens with zero attached hydrogens (tertiary/aromatic N) is 2. The monoisotopic (exact) mass is 284 g/mol. The molecule has 5 nitrogen and oxygen atoms in total. The molecule has 0 saturated carbocycles. The van der Waals surface area contributed by atoms with E-state index >= 15 is 0 Å². The highest BCUT2D eigenvalue weighted by Gasteiger charge is 2.19. The van der Waals surface area contributed by atoms with E-state index in [0.29, 0.717) is 22.5 Å². The lowest BCUT2D eigenvalue weighted by Crippen LogP contribution is -2.33. The standard InChI is InChI=1S/C16H16N2O3/c1-12-15(7-4-8-17-12)16(20)18(11-21-2)14-6-3-5-13(9-14)10-19/h3-10H,11H2,1-2H3. The summed E-state index contributed by atoms with van der Waals surface area (Å²) >= 11 is 0. The number of hydrogen-bond donors (Lipinski definition) is 0. The summed E-state index contributed by atoms with van der Waals surface area (Å²) in [4.78, 5) is 29.2. The molecule has 1 aromatic carbocycles. The van der Waals surface area contributed by atoms with Crippen molar-refractivity contribution in [3.8, 4) is 0 Å². The van der Waals surface area contributed by atoms with Crippen LogP contribution in [0.4, 0.5) is 5.69 Å². The van der Waals surface area contributed by atoms with Gasteiger partial charge in [-0.15, -0.1) is 0 Å². The Kier molecular flexibility index (Phi) is 4.79. The molecule has 0 bridgehead atoms. The number of aryl methyl sites for hydroxylation is 1. The van der Waals surface area contributed by atoms with Crippen LogP contribution in [0.25, 0.3) is 0 Å². The normalized spacial score (nSPS) is 10.2. The van der Waals surface area contributed by atoms with E-state index in [1.54, 1.807) is 49.5 Å². The Bertz CT molecular complexity index is 655. The van der Waals surface area contributed by atoms with Gasteiger partial charge in [-0.3, -0.25) is 19.5 Å². The van der Waals surface area contributed by atoms with E-state index in [9.17, 15) is 9.59 Å². The Hall–Kier alpha value is -2.53. The minimum absolute atomic E-state index is 0.0927. The smallest absolute Gasteiger partial charge is 0.262 e. The first-order valence-corrected chi connectivity index (χ1v) is 6.45. The molecule has 5 heteroatoms. The summed E-state index contributed by atoms with van der Waals surface area (Å²) < 4.78 is 5.11. The Balaban J connectivity index is 2.40. The molecule has 0 aliphatic carbocycles. The van der Waals surface area contributed by atoms with Crippen LogP contribution < -0.4 is 4.90 Å². The summed E-state index contributed by atoms with van der Waals surface area (Å²) in [5.74, 6) is -0.217. The average molecular weight is 284 g/mol. The maximum Gasteiger partial charge on any atom is 0.262 e. The topological polar surface area (TPSA) is 59.5 Å². The largest absolute Gasteiger partial charge is 0.364 e. The minimum atomic E-state index is -0.217. The lowest BCUT2D eigenvalue weighted by molar-refractivity contribution is 0.0935. The molecular formula is C16H16N2O3. The van der Waals surface area contributed by atoms with Gasteiger partial charge in [-0.05, 0) is 31.2 Å². The zero-order valence-electron chi connectivity index (χ0n) is 11.9.